The van der Waals surface area contributed by atoms with Crippen molar-refractivity contribution >= 4 is 17.3 Å². The third-order valence-corrected chi connectivity index (χ3v) is 4.36. The SMILES string of the molecule is Cc1cccc(Cl)c1NC1CCCCC1(C)C. The minimum absolute atomic E-state index is 0.365. The van der Waals surface area contributed by atoms with Gasteiger partial charge in [-0.05, 0) is 36.8 Å². The number of rotatable bonds is 2. The van der Waals surface area contributed by atoms with Crippen LogP contribution < -0.4 is 5.32 Å². The first-order chi connectivity index (χ1) is 8.00. The summed E-state index contributed by atoms with van der Waals surface area (Å²) in [7, 11) is 0. The normalized spacial score (nSPS) is 23.4. The van der Waals surface area contributed by atoms with Gasteiger partial charge in [0, 0.05) is 6.04 Å². The summed E-state index contributed by atoms with van der Waals surface area (Å²) in [5.41, 5.74) is 2.72. The molecule has 1 saturated carbocycles. The molecule has 1 aliphatic carbocycles. The van der Waals surface area contributed by atoms with E-state index in [0.29, 0.717) is 11.5 Å². The fourth-order valence-corrected chi connectivity index (χ4v) is 3.03. The zero-order valence-electron chi connectivity index (χ0n) is 11.0. The minimum Gasteiger partial charge on any atom is -0.380 e. The van der Waals surface area contributed by atoms with Crippen LogP contribution in [0.1, 0.15) is 45.1 Å². The number of aryl methyl sites for hydroxylation is 1. The van der Waals surface area contributed by atoms with E-state index in [1.165, 1.54) is 31.2 Å². The molecule has 2 rings (SSSR count). The Labute approximate surface area is 110 Å². The summed E-state index contributed by atoms with van der Waals surface area (Å²) >= 11 is 6.28. The molecule has 0 saturated heterocycles. The van der Waals surface area contributed by atoms with Crippen LogP contribution in [0.2, 0.25) is 5.02 Å². The second kappa shape index (κ2) is 4.89. The van der Waals surface area contributed by atoms with Gasteiger partial charge in [0.05, 0.1) is 10.7 Å². The molecule has 1 aromatic rings. The molecule has 1 aliphatic rings. The molecule has 0 spiro atoms. The van der Waals surface area contributed by atoms with Crippen LogP contribution in [0, 0.1) is 12.3 Å². The molecule has 17 heavy (non-hydrogen) atoms. The zero-order chi connectivity index (χ0) is 12.5. The average Bonchev–Trinajstić information content (AvgIpc) is 2.25. The van der Waals surface area contributed by atoms with Crippen molar-refractivity contribution in [2.75, 3.05) is 5.32 Å². The molecule has 1 N–H and O–H groups in total. The van der Waals surface area contributed by atoms with Crippen molar-refractivity contribution < 1.29 is 0 Å². The lowest BCUT2D eigenvalue weighted by Crippen LogP contribution is -2.39. The summed E-state index contributed by atoms with van der Waals surface area (Å²) in [4.78, 5) is 0. The van der Waals surface area contributed by atoms with Crippen molar-refractivity contribution in [3.8, 4) is 0 Å². The van der Waals surface area contributed by atoms with Crippen molar-refractivity contribution in [2.24, 2.45) is 5.41 Å². The van der Waals surface area contributed by atoms with Gasteiger partial charge in [-0.3, -0.25) is 0 Å². The van der Waals surface area contributed by atoms with Crippen molar-refractivity contribution in [3.63, 3.8) is 0 Å². The van der Waals surface area contributed by atoms with Gasteiger partial charge in [-0.2, -0.15) is 0 Å². The standard InChI is InChI=1S/C15H22ClN/c1-11-7-6-8-12(16)14(11)17-13-9-4-5-10-15(13,2)3/h6-8,13,17H,4-5,9-10H2,1-3H3. The van der Waals surface area contributed by atoms with Gasteiger partial charge in [-0.15, -0.1) is 0 Å². The third-order valence-electron chi connectivity index (χ3n) is 4.05. The van der Waals surface area contributed by atoms with E-state index in [1.54, 1.807) is 0 Å². The highest BCUT2D eigenvalue weighted by Crippen LogP contribution is 2.38. The molecule has 0 radical (unpaired) electrons. The molecular formula is C15H22ClN. The van der Waals surface area contributed by atoms with E-state index < -0.39 is 0 Å². The fourth-order valence-electron chi connectivity index (χ4n) is 2.75. The molecule has 1 nitrogen and oxygen atoms in total. The number of nitrogens with one attached hydrogen (secondary N) is 1. The van der Waals surface area contributed by atoms with Gasteiger partial charge >= 0.3 is 0 Å². The second-order valence-corrected chi connectivity index (χ2v) is 6.27. The molecule has 0 bridgehead atoms. The molecule has 0 aromatic heterocycles. The molecule has 1 atom stereocenters. The number of hydrogen-bond acceptors (Lipinski definition) is 1. The van der Waals surface area contributed by atoms with E-state index in [-0.39, 0.29) is 0 Å². The number of benzene rings is 1. The number of para-hydroxylation sites is 1. The molecule has 0 amide bonds. The van der Waals surface area contributed by atoms with Crippen LogP contribution in [-0.2, 0) is 0 Å². The first kappa shape index (κ1) is 12.8. The topological polar surface area (TPSA) is 12.0 Å². The Hall–Kier alpha value is -0.690. The van der Waals surface area contributed by atoms with Crippen LogP contribution in [0.3, 0.4) is 0 Å². The molecule has 0 heterocycles. The van der Waals surface area contributed by atoms with Gasteiger partial charge in [0.2, 0.25) is 0 Å². The van der Waals surface area contributed by atoms with E-state index in [0.717, 1.165) is 10.7 Å². The Morgan fingerprint density at radius 2 is 2.06 bits per heavy atom. The van der Waals surface area contributed by atoms with Crippen LogP contribution in [0.4, 0.5) is 5.69 Å². The van der Waals surface area contributed by atoms with Gasteiger partial charge in [-0.25, -0.2) is 0 Å². The maximum atomic E-state index is 6.28. The van der Waals surface area contributed by atoms with Gasteiger partial charge in [-0.1, -0.05) is 50.4 Å². The molecule has 0 aliphatic heterocycles. The lowest BCUT2D eigenvalue weighted by Gasteiger charge is -2.40. The predicted molar refractivity (Wildman–Crippen MR) is 75.8 cm³/mol. The summed E-state index contributed by atoms with van der Waals surface area (Å²) in [6.45, 7) is 6.83. The second-order valence-electron chi connectivity index (χ2n) is 5.86. The van der Waals surface area contributed by atoms with Gasteiger partial charge in [0.1, 0.15) is 0 Å². The van der Waals surface area contributed by atoms with Gasteiger partial charge in [0.15, 0.2) is 0 Å². The summed E-state index contributed by atoms with van der Waals surface area (Å²) in [6.07, 6.45) is 5.23. The van der Waals surface area contributed by atoms with Gasteiger partial charge < -0.3 is 5.32 Å². The Morgan fingerprint density at radius 1 is 1.29 bits per heavy atom. The maximum Gasteiger partial charge on any atom is 0.0640 e. The zero-order valence-corrected chi connectivity index (χ0v) is 11.8. The number of anilines is 1. The highest BCUT2D eigenvalue weighted by atomic mass is 35.5. The first-order valence-electron chi connectivity index (χ1n) is 6.52. The van der Waals surface area contributed by atoms with Crippen LogP contribution >= 0.6 is 11.6 Å². The van der Waals surface area contributed by atoms with Gasteiger partial charge in [0.25, 0.3) is 0 Å². The van der Waals surface area contributed by atoms with E-state index in [9.17, 15) is 0 Å². The summed E-state index contributed by atoms with van der Waals surface area (Å²) in [6, 6.07) is 6.63. The van der Waals surface area contributed by atoms with E-state index >= 15 is 0 Å². The Balaban J connectivity index is 2.20. The van der Waals surface area contributed by atoms with Crippen LogP contribution in [0.5, 0.6) is 0 Å². The summed E-state index contributed by atoms with van der Waals surface area (Å²) in [5.74, 6) is 0. The Bertz CT molecular complexity index is 378. The predicted octanol–water partition coefficient (Wildman–Crippen LogP) is 5.03. The Kier molecular flexibility index (Phi) is 3.67. The van der Waals surface area contributed by atoms with Crippen LogP contribution in [0.15, 0.2) is 18.2 Å². The quantitative estimate of drug-likeness (QED) is 0.778. The summed E-state index contributed by atoms with van der Waals surface area (Å²) < 4.78 is 0. The molecule has 94 valence electrons. The third kappa shape index (κ3) is 2.77. The summed E-state index contributed by atoms with van der Waals surface area (Å²) in [5, 5.41) is 4.51. The average molecular weight is 252 g/mol. The molecule has 1 aromatic carbocycles. The highest BCUT2D eigenvalue weighted by Gasteiger charge is 2.32. The van der Waals surface area contributed by atoms with Crippen molar-refractivity contribution in [3.05, 3.63) is 28.8 Å². The monoisotopic (exact) mass is 251 g/mol. The van der Waals surface area contributed by atoms with Crippen molar-refractivity contribution in [1.82, 2.24) is 0 Å². The maximum absolute atomic E-state index is 6.28. The van der Waals surface area contributed by atoms with Crippen LogP contribution in [0.25, 0.3) is 0 Å². The molecule has 2 heteroatoms. The van der Waals surface area contributed by atoms with E-state index in [2.05, 4.69) is 32.2 Å². The first-order valence-corrected chi connectivity index (χ1v) is 6.90. The lowest BCUT2D eigenvalue weighted by molar-refractivity contribution is 0.217. The minimum atomic E-state index is 0.365. The van der Waals surface area contributed by atoms with E-state index in [1.807, 2.05) is 12.1 Å². The molecular weight excluding hydrogens is 230 g/mol. The van der Waals surface area contributed by atoms with Crippen molar-refractivity contribution in [2.45, 2.75) is 52.5 Å². The highest BCUT2D eigenvalue weighted by molar-refractivity contribution is 6.33. The number of hydrogen-bond donors (Lipinski definition) is 1. The Morgan fingerprint density at radius 3 is 2.71 bits per heavy atom. The molecule has 1 fully saturated rings. The van der Waals surface area contributed by atoms with Crippen LogP contribution in [-0.4, -0.2) is 6.04 Å². The fraction of sp³-hybridized carbons (Fsp3) is 0.600. The van der Waals surface area contributed by atoms with Crippen molar-refractivity contribution in [1.29, 1.82) is 0 Å². The van der Waals surface area contributed by atoms with E-state index in [4.69, 9.17) is 11.6 Å². The lowest BCUT2D eigenvalue weighted by atomic mass is 9.73. The largest absolute Gasteiger partial charge is 0.380 e. The smallest absolute Gasteiger partial charge is 0.0640 e. The molecule has 1 unspecified atom stereocenters. The number of halogens is 1.